The number of hydrogen-bond donors (Lipinski definition) is 2. The first-order chi connectivity index (χ1) is 17.3. The van der Waals surface area contributed by atoms with Gasteiger partial charge in [-0.25, -0.2) is 0 Å². The fourth-order valence-corrected chi connectivity index (χ4v) is 8.53. The summed E-state index contributed by atoms with van der Waals surface area (Å²) >= 11 is 1.59. The van der Waals surface area contributed by atoms with Gasteiger partial charge in [-0.1, -0.05) is 42.5 Å². The van der Waals surface area contributed by atoms with Crippen LogP contribution in [0.15, 0.2) is 48.5 Å². The van der Waals surface area contributed by atoms with Crippen molar-refractivity contribution in [2.24, 2.45) is 11.8 Å². The van der Waals surface area contributed by atoms with E-state index in [9.17, 15) is 19.5 Å². The Hall–Kier alpha value is -2.84. The summed E-state index contributed by atoms with van der Waals surface area (Å²) in [6.45, 7) is 5.56. The first-order valence-electron chi connectivity index (χ1n) is 12.5. The lowest BCUT2D eigenvalue weighted by Gasteiger charge is -2.37. The van der Waals surface area contributed by atoms with Crippen molar-refractivity contribution >= 4 is 35.2 Å². The van der Waals surface area contributed by atoms with Gasteiger partial charge < -0.3 is 20.1 Å². The monoisotopic (exact) mass is 508 g/mol. The zero-order valence-electron chi connectivity index (χ0n) is 20.8. The molecule has 0 radical (unpaired) electrons. The molecule has 0 saturated carbocycles. The van der Waals surface area contributed by atoms with Crippen LogP contribution >= 0.6 is 11.8 Å². The van der Waals surface area contributed by atoms with Gasteiger partial charge in [-0.2, -0.15) is 0 Å². The van der Waals surface area contributed by atoms with E-state index < -0.39 is 28.7 Å². The van der Waals surface area contributed by atoms with Crippen molar-refractivity contribution in [1.29, 1.82) is 0 Å². The molecule has 2 amide bonds. The molecule has 3 heterocycles. The van der Waals surface area contributed by atoms with E-state index in [0.717, 1.165) is 23.1 Å². The van der Waals surface area contributed by atoms with Gasteiger partial charge in [0.1, 0.15) is 6.04 Å². The van der Waals surface area contributed by atoms with Gasteiger partial charge in [-0.15, -0.1) is 11.8 Å². The number of esters is 1. The Morgan fingerprint density at radius 1 is 1.22 bits per heavy atom. The summed E-state index contributed by atoms with van der Waals surface area (Å²) in [5.74, 6) is -2.16. The van der Waals surface area contributed by atoms with Crippen LogP contribution in [0.1, 0.15) is 42.5 Å². The van der Waals surface area contributed by atoms with Gasteiger partial charge in [0.15, 0.2) is 0 Å². The SMILES string of the molecule is CCOC(=O)[C@@H]1[C@@H]2CCC3(S2)C(C(=O)Nc2cc(C)ccc2C)N([C@H](CO)c2ccccc2)C(=O)[C@H]13. The van der Waals surface area contributed by atoms with Gasteiger partial charge in [-0.05, 0) is 56.4 Å². The third kappa shape index (κ3) is 3.82. The van der Waals surface area contributed by atoms with E-state index >= 15 is 0 Å². The molecule has 0 aromatic heterocycles. The highest BCUT2D eigenvalue weighted by Gasteiger charge is 2.74. The molecule has 2 aromatic rings. The van der Waals surface area contributed by atoms with E-state index in [2.05, 4.69) is 5.32 Å². The lowest BCUT2D eigenvalue weighted by molar-refractivity contribution is -0.154. The molecule has 3 saturated heterocycles. The van der Waals surface area contributed by atoms with Crippen molar-refractivity contribution in [3.63, 3.8) is 0 Å². The molecule has 0 aliphatic carbocycles. The van der Waals surface area contributed by atoms with Crippen LogP contribution in [0.3, 0.4) is 0 Å². The largest absolute Gasteiger partial charge is 0.466 e. The van der Waals surface area contributed by atoms with Crippen molar-refractivity contribution in [2.75, 3.05) is 18.5 Å². The fourth-order valence-electron chi connectivity index (χ4n) is 6.33. The van der Waals surface area contributed by atoms with Crippen LogP contribution in [0.4, 0.5) is 5.69 Å². The summed E-state index contributed by atoms with van der Waals surface area (Å²) in [5, 5.41) is 13.5. The second-order valence-corrected chi connectivity index (χ2v) is 11.6. The predicted octanol–water partition coefficient (Wildman–Crippen LogP) is 3.63. The van der Waals surface area contributed by atoms with Gasteiger partial charge in [0.2, 0.25) is 11.8 Å². The van der Waals surface area contributed by atoms with Crippen molar-refractivity contribution in [3.8, 4) is 0 Å². The molecule has 2 unspecified atom stereocenters. The molecule has 7 nitrogen and oxygen atoms in total. The number of aliphatic hydroxyl groups is 1. The number of amides is 2. The standard InChI is InChI=1S/C28H32N2O5S/c1-4-35-27(34)22-21-12-13-28(36-21)23(22)26(33)30(20(15-31)18-8-6-5-7-9-18)24(28)25(32)29-19-14-16(2)10-11-17(19)3/h5-11,14,20-24,31H,4,12-13,15H2,1-3H3,(H,29,32)/t20-,21+,22-,23+,24?,28?/m1/s1. The van der Waals surface area contributed by atoms with Crippen molar-refractivity contribution in [1.82, 2.24) is 4.90 Å². The van der Waals surface area contributed by atoms with Crippen molar-refractivity contribution in [2.45, 2.75) is 55.7 Å². The lowest BCUT2D eigenvalue weighted by Crippen LogP contribution is -2.52. The van der Waals surface area contributed by atoms with Gasteiger partial charge in [-0.3, -0.25) is 14.4 Å². The summed E-state index contributed by atoms with van der Waals surface area (Å²) in [6.07, 6.45) is 1.40. The Balaban J connectivity index is 1.59. The molecule has 5 rings (SSSR count). The predicted molar refractivity (Wildman–Crippen MR) is 138 cm³/mol. The van der Waals surface area contributed by atoms with Gasteiger partial charge >= 0.3 is 5.97 Å². The van der Waals surface area contributed by atoms with Crippen LogP contribution in [0.2, 0.25) is 0 Å². The van der Waals surface area contributed by atoms with Crippen molar-refractivity contribution in [3.05, 3.63) is 65.2 Å². The molecule has 3 fully saturated rings. The number of thioether (sulfide) groups is 1. The van der Waals surface area contributed by atoms with Crippen LogP contribution in [0.5, 0.6) is 0 Å². The minimum absolute atomic E-state index is 0.0551. The maximum Gasteiger partial charge on any atom is 0.310 e. The van der Waals surface area contributed by atoms with E-state index in [1.807, 2.05) is 62.4 Å². The highest BCUT2D eigenvalue weighted by atomic mass is 32.2. The zero-order chi connectivity index (χ0) is 25.6. The van der Waals surface area contributed by atoms with E-state index in [-0.39, 0.29) is 36.2 Å². The van der Waals surface area contributed by atoms with E-state index in [1.165, 1.54) is 0 Å². The highest BCUT2D eigenvalue weighted by Crippen LogP contribution is 2.67. The Labute approximate surface area is 215 Å². The minimum atomic E-state index is -0.832. The van der Waals surface area contributed by atoms with Crippen molar-refractivity contribution < 1.29 is 24.2 Å². The number of likely N-dealkylation sites (tertiary alicyclic amines) is 1. The van der Waals surface area contributed by atoms with Crippen LogP contribution in [0.25, 0.3) is 0 Å². The van der Waals surface area contributed by atoms with Crippen LogP contribution in [0, 0.1) is 25.7 Å². The molecular weight excluding hydrogens is 476 g/mol. The summed E-state index contributed by atoms with van der Waals surface area (Å²) in [6, 6.07) is 13.6. The van der Waals surface area contributed by atoms with E-state index in [1.54, 1.807) is 23.6 Å². The molecule has 2 aromatic carbocycles. The number of hydrogen-bond acceptors (Lipinski definition) is 6. The van der Waals surface area contributed by atoms with Gasteiger partial charge in [0.05, 0.1) is 35.8 Å². The topological polar surface area (TPSA) is 95.9 Å². The average molecular weight is 509 g/mol. The normalized spacial score (nSPS) is 29.2. The lowest BCUT2D eigenvalue weighted by atomic mass is 9.71. The van der Waals surface area contributed by atoms with E-state index in [4.69, 9.17) is 4.74 Å². The van der Waals surface area contributed by atoms with Gasteiger partial charge in [0, 0.05) is 10.9 Å². The Bertz CT molecular complexity index is 1190. The Morgan fingerprint density at radius 3 is 2.67 bits per heavy atom. The third-order valence-corrected chi connectivity index (χ3v) is 9.84. The van der Waals surface area contributed by atoms with Crippen LogP contribution in [-0.2, 0) is 19.1 Å². The highest BCUT2D eigenvalue weighted by molar-refractivity contribution is 8.02. The third-order valence-electron chi connectivity index (χ3n) is 7.89. The molecule has 3 aliphatic heterocycles. The van der Waals surface area contributed by atoms with Crippen LogP contribution < -0.4 is 5.32 Å². The number of nitrogens with zero attached hydrogens (tertiary/aromatic N) is 1. The molecule has 6 atom stereocenters. The quantitative estimate of drug-likeness (QED) is 0.555. The number of nitrogens with one attached hydrogen (secondary N) is 1. The summed E-state index contributed by atoms with van der Waals surface area (Å²) in [7, 11) is 0. The number of benzene rings is 2. The molecular formula is C28H32N2O5S. The smallest absolute Gasteiger partial charge is 0.310 e. The van der Waals surface area contributed by atoms with Crippen LogP contribution in [-0.4, -0.2) is 57.0 Å². The molecule has 36 heavy (non-hydrogen) atoms. The number of aliphatic hydroxyl groups excluding tert-OH is 1. The number of rotatable bonds is 7. The Morgan fingerprint density at radius 2 is 1.97 bits per heavy atom. The molecule has 2 bridgehead atoms. The summed E-state index contributed by atoms with van der Waals surface area (Å²) < 4.78 is 4.64. The molecule has 2 N–H and O–H groups in total. The maximum atomic E-state index is 14.2. The number of anilines is 1. The fraction of sp³-hybridized carbons (Fsp3) is 0.464. The van der Waals surface area contributed by atoms with Gasteiger partial charge in [0.25, 0.3) is 0 Å². The Kier molecular flexibility index (Phi) is 6.59. The number of carbonyl (C=O) groups excluding carboxylic acids is 3. The second kappa shape index (κ2) is 9.56. The second-order valence-electron chi connectivity index (χ2n) is 9.97. The summed E-state index contributed by atoms with van der Waals surface area (Å²) in [4.78, 5) is 42.9. The molecule has 190 valence electrons. The zero-order valence-corrected chi connectivity index (χ0v) is 21.6. The molecule has 8 heteroatoms. The summed E-state index contributed by atoms with van der Waals surface area (Å²) in [5.41, 5.74) is 3.39. The first kappa shape index (κ1) is 24.8. The maximum absolute atomic E-state index is 14.2. The number of fused-ring (bicyclic) bond motifs is 1. The number of aryl methyl sites for hydroxylation is 2. The molecule has 1 spiro atoms. The average Bonchev–Trinajstić information content (AvgIpc) is 3.50. The molecule has 3 aliphatic rings. The number of ether oxygens (including phenoxy) is 1. The minimum Gasteiger partial charge on any atom is -0.466 e. The first-order valence-corrected chi connectivity index (χ1v) is 13.4. The number of carbonyl (C=O) groups is 3. The van der Waals surface area contributed by atoms with E-state index in [0.29, 0.717) is 12.1 Å².